The summed E-state index contributed by atoms with van der Waals surface area (Å²) < 4.78 is 9.35. The molecule has 0 spiro atoms. The lowest BCUT2D eigenvalue weighted by atomic mass is 10.1. The van der Waals surface area contributed by atoms with Gasteiger partial charge in [0.25, 0.3) is 5.91 Å². The van der Waals surface area contributed by atoms with E-state index in [1.54, 1.807) is 18.2 Å². The van der Waals surface area contributed by atoms with Gasteiger partial charge in [-0.2, -0.15) is 5.26 Å². The molecule has 0 bridgehead atoms. The van der Waals surface area contributed by atoms with Crippen molar-refractivity contribution in [1.29, 1.82) is 5.26 Å². The Balaban J connectivity index is 2.33. The minimum Gasteiger partial charge on any atom is -0.465 e. The van der Waals surface area contributed by atoms with Crippen LogP contribution in [0.1, 0.15) is 20.7 Å². The van der Waals surface area contributed by atoms with Gasteiger partial charge in [-0.3, -0.25) is 4.79 Å². The van der Waals surface area contributed by atoms with Gasteiger partial charge >= 0.3 is 11.9 Å². The van der Waals surface area contributed by atoms with E-state index in [2.05, 4.69) is 15.4 Å². The van der Waals surface area contributed by atoms with E-state index in [0.29, 0.717) is 0 Å². The summed E-state index contributed by atoms with van der Waals surface area (Å²) in [7, 11) is 2.40. The highest BCUT2D eigenvalue weighted by Crippen LogP contribution is 2.29. The maximum Gasteiger partial charge on any atom is 0.339 e. The fourth-order valence-corrected chi connectivity index (χ4v) is 2.63. The van der Waals surface area contributed by atoms with Gasteiger partial charge in [0.2, 0.25) is 0 Å². The quantitative estimate of drug-likeness (QED) is 0.389. The smallest absolute Gasteiger partial charge is 0.339 e. The second-order valence-electron chi connectivity index (χ2n) is 5.61. The van der Waals surface area contributed by atoms with Crippen molar-refractivity contribution in [1.82, 2.24) is 0 Å². The Hall–Kier alpha value is -3.54. The molecule has 2 aromatic rings. The molecule has 10 heteroatoms. The van der Waals surface area contributed by atoms with Crippen LogP contribution < -0.4 is 10.6 Å². The third kappa shape index (κ3) is 5.29. The van der Waals surface area contributed by atoms with E-state index in [4.69, 9.17) is 27.9 Å². The zero-order valence-electron chi connectivity index (χ0n) is 15.8. The molecule has 1 amide bonds. The molecule has 8 nitrogen and oxygen atoms in total. The second kappa shape index (κ2) is 10.3. The number of benzene rings is 2. The fourth-order valence-electron chi connectivity index (χ4n) is 2.28. The van der Waals surface area contributed by atoms with E-state index < -0.39 is 17.8 Å². The van der Waals surface area contributed by atoms with Gasteiger partial charge in [-0.1, -0.05) is 29.3 Å². The summed E-state index contributed by atoms with van der Waals surface area (Å²) in [5, 5.41) is 14.8. The van der Waals surface area contributed by atoms with E-state index in [1.165, 1.54) is 38.5 Å². The van der Waals surface area contributed by atoms with E-state index in [0.717, 1.165) is 6.20 Å². The molecule has 2 rings (SSSR count). The first-order valence-electron chi connectivity index (χ1n) is 8.25. The molecule has 0 radical (unpaired) electrons. The minimum absolute atomic E-state index is 0.0805. The van der Waals surface area contributed by atoms with Gasteiger partial charge in [0.05, 0.1) is 46.8 Å². The number of hydrogen-bond donors (Lipinski definition) is 2. The highest BCUT2D eigenvalue weighted by molar-refractivity contribution is 6.44. The predicted molar refractivity (Wildman–Crippen MR) is 112 cm³/mol. The Bertz CT molecular complexity index is 1080. The van der Waals surface area contributed by atoms with Gasteiger partial charge in [0.15, 0.2) is 0 Å². The number of hydrogen-bond acceptors (Lipinski definition) is 7. The number of methoxy groups -OCH3 is 2. The van der Waals surface area contributed by atoms with Crippen molar-refractivity contribution in [3.8, 4) is 6.07 Å². The summed E-state index contributed by atoms with van der Waals surface area (Å²) in [6.07, 6.45) is 1.08. The summed E-state index contributed by atoms with van der Waals surface area (Å²) in [5.74, 6) is -2.08. The summed E-state index contributed by atoms with van der Waals surface area (Å²) >= 11 is 11.9. The number of amides is 1. The average Bonchev–Trinajstić information content (AvgIpc) is 2.76. The lowest BCUT2D eigenvalue weighted by molar-refractivity contribution is -0.112. The van der Waals surface area contributed by atoms with E-state index in [1.807, 2.05) is 0 Å². The standard InChI is InChI=1S/C20H15Cl2N3O5/c1-29-19(27)11-6-7-13(20(28)30-2)16(8-11)24-10-12(9-23)18(26)25-15-5-3-4-14(21)17(15)22/h3-8,10,24H,1-2H3,(H,25,26)/b12-10-. The van der Waals surface area contributed by atoms with Gasteiger partial charge in [-0.15, -0.1) is 0 Å². The summed E-state index contributed by atoms with van der Waals surface area (Å²) in [5.41, 5.74) is 0.251. The van der Waals surface area contributed by atoms with Gasteiger partial charge in [-0.25, -0.2) is 9.59 Å². The van der Waals surface area contributed by atoms with Crippen molar-refractivity contribution in [2.75, 3.05) is 24.9 Å². The van der Waals surface area contributed by atoms with Crippen LogP contribution in [0.2, 0.25) is 10.0 Å². The van der Waals surface area contributed by atoms with Crippen LogP contribution >= 0.6 is 23.2 Å². The van der Waals surface area contributed by atoms with Crippen molar-refractivity contribution in [3.63, 3.8) is 0 Å². The highest BCUT2D eigenvalue weighted by Gasteiger charge is 2.17. The van der Waals surface area contributed by atoms with Crippen LogP contribution in [0, 0.1) is 11.3 Å². The molecule has 30 heavy (non-hydrogen) atoms. The molecule has 0 saturated heterocycles. The van der Waals surface area contributed by atoms with Gasteiger partial charge in [0, 0.05) is 6.20 Å². The van der Waals surface area contributed by atoms with Crippen LogP contribution in [-0.4, -0.2) is 32.1 Å². The number of rotatable bonds is 6. The van der Waals surface area contributed by atoms with Crippen molar-refractivity contribution in [2.45, 2.75) is 0 Å². The van der Waals surface area contributed by atoms with Crippen LogP contribution in [0.5, 0.6) is 0 Å². The number of ether oxygens (including phenoxy) is 2. The number of anilines is 2. The molecule has 0 aliphatic heterocycles. The first-order valence-corrected chi connectivity index (χ1v) is 9.00. The molecule has 0 saturated carbocycles. The van der Waals surface area contributed by atoms with E-state index in [-0.39, 0.29) is 38.1 Å². The molecular formula is C20H15Cl2N3O5. The summed E-state index contributed by atoms with van der Waals surface area (Å²) in [4.78, 5) is 36.1. The molecular weight excluding hydrogens is 433 g/mol. The Morgan fingerprint density at radius 1 is 1.03 bits per heavy atom. The van der Waals surface area contributed by atoms with E-state index >= 15 is 0 Å². The molecule has 0 fully saturated rings. The molecule has 2 aromatic carbocycles. The van der Waals surface area contributed by atoms with Gasteiger partial charge < -0.3 is 20.1 Å². The Morgan fingerprint density at radius 3 is 2.37 bits per heavy atom. The third-order valence-electron chi connectivity index (χ3n) is 3.78. The van der Waals surface area contributed by atoms with Crippen molar-refractivity contribution in [3.05, 3.63) is 69.3 Å². The zero-order chi connectivity index (χ0) is 22.3. The van der Waals surface area contributed by atoms with Crippen LogP contribution in [0.4, 0.5) is 11.4 Å². The Labute approximate surface area is 182 Å². The maximum atomic E-state index is 12.4. The van der Waals surface area contributed by atoms with Crippen molar-refractivity contribution >= 4 is 52.4 Å². The number of halogens is 2. The van der Waals surface area contributed by atoms with E-state index in [9.17, 15) is 19.6 Å². The van der Waals surface area contributed by atoms with Crippen LogP contribution in [0.25, 0.3) is 0 Å². The average molecular weight is 448 g/mol. The number of nitrogens with one attached hydrogen (secondary N) is 2. The number of nitriles is 1. The fraction of sp³-hybridized carbons (Fsp3) is 0.100. The molecule has 0 unspecified atom stereocenters. The number of carbonyl (C=O) groups is 3. The van der Waals surface area contributed by atoms with Crippen LogP contribution in [0.3, 0.4) is 0 Å². The Kier molecular flexibility index (Phi) is 7.81. The molecule has 154 valence electrons. The lowest BCUT2D eigenvalue weighted by Crippen LogP contribution is -2.15. The van der Waals surface area contributed by atoms with Gasteiger partial charge in [-0.05, 0) is 30.3 Å². The second-order valence-corrected chi connectivity index (χ2v) is 6.40. The number of carbonyl (C=O) groups excluding carboxylic acids is 3. The first kappa shape index (κ1) is 22.7. The number of nitrogens with zero attached hydrogens (tertiary/aromatic N) is 1. The topological polar surface area (TPSA) is 118 Å². The third-order valence-corrected chi connectivity index (χ3v) is 4.60. The SMILES string of the molecule is COC(=O)c1ccc(C(=O)OC)c(N/C=C(/C#N)C(=O)Nc2cccc(Cl)c2Cl)c1. The first-order chi connectivity index (χ1) is 14.3. The molecule has 0 aliphatic carbocycles. The van der Waals surface area contributed by atoms with Crippen molar-refractivity contribution in [2.24, 2.45) is 0 Å². The molecule has 0 aliphatic rings. The molecule has 0 atom stereocenters. The van der Waals surface area contributed by atoms with Crippen LogP contribution in [0.15, 0.2) is 48.2 Å². The van der Waals surface area contributed by atoms with Crippen molar-refractivity contribution < 1.29 is 23.9 Å². The monoisotopic (exact) mass is 447 g/mol. The molecule has 0 aromatic heterocycles. The Morgan fingerprint density at radius 2 is 1.73 bits per heavy atom. The lowest BCUT2D eigenvalue weighted by Gasteiger charge is -2.11. The predicted octanol–water partition coefficient (Wildman–Crippen LogP) is 4.02. The maximum absolute atomic E-state index is 12.4. The number of esters is 2. The largest absolute Gasteiger partial charge is 0.465 e. The molecule has 0 heterocycles. The normalized spacial score (nSPS) is 10.6. The summed E-state index contributed by atoms with van der Waals surface area (Å²) in [6, 6.07) is 10.4. The van der Waals surface area contributed by atoms with Crippen LogP contribution in [-0.2, 0) is 14.3 Å². The highest BCUT2D eigenvalue weighted by atomic mass is 35.5. The van der Waals surface area contributed by atoms with Gasteiger partial charge in [0.1, 0.15) is 11.6 Å². The minimum atomic E-state index is -0.766. The zero-order valence-corrected chi connectivity index (χ0v) is 17.3. The molecule has 2 N–H and O–H groups in total. The summed E-state index contributed by atoms with van der Waals surface area (Å²) in [6.45, 7) is 0.